The third-order valence-electron chi connectivity index (χ3n) is 13.4. The molecule has 2 unspecified atom stereocenters. The van der Waals surface area contributed by atoms with Gasteiger partial charge in [0.1, 0.15) is 0 Å². The van der Waals surface area contributed by atoms with Crippen molar-refractivity contribution in [2.24, 2.45) is 0 Å². The second-order valence-corrected chi connectivity index (χ2v) is 20.0. The molecule has 388 valence electrons. The molecule has 0 aromatic carbocycles. The van der Waals surface area contributed by atoms with Gasteiger partial charge in [-0.1, -0.05) is 275 Å². The third kappa shape index (κ3) is 51.5. The highest BCUT2D eigenvalue weighted by atomic mass is 16.5. The Morgan fingerprint density at radius 3 is 1.21 bits per heavy atom. The number of allylic oxidation sites excluding steroid dienone is 5. The second-order valence-electron chi connectivity index (χ2n) is 20.0. The number of nitrogens with one attached hydrogen (secondary N) is 1. The largest absolute Gasteiger partial charge is 0.466 e. The lowest BCUT2D eigenvalue weighted by Crippen LogP contribution is -2.45. The standard InChI is InChI=1S/C60H113NO5/c1-3-5-7-9-11-13-15-30-34-38-42-46-50-54-60(65)66-55-51-47-43-39-35-32-29-27-25-23-21-19-17-16-18-20-22-24-26-28-31-33-37-41-45-49-53-59(64)61-57(56-62)58(63)52-48-44-40-36-14-12-10-8-6-4-2/h7,9,13,15,48,52,57-58,62-63H,3-6,8,10-12,14,16-47,49-51,53-56H2,1-2H3,(H,61,64)/b9-7-,15-13-,52-48+. The molecule has 0 aliphatic heterocycles. The fourth-order valence-corrected chi connectivity index (χ4v) is 8.91. The van der Waals surface area contributed by atoms with Crippen LogP contribution in [0.5, 0.6) is 0 Å². The Morgan fingerprint density at radius 2 is 0.788 bits per heavy atom. The smallest absolute Gasteiger partial charge is 0.305 e. The molecule has 0 aromatic rings. The van der Waals surface area contributed by atoms with E-state index in [2.05, 4.69) is 43.5 Å². The van der Waals surface area contributed by atoms with Crippen molar-refractivity contribution in [3.63, 3.8) is 0 Å². The Morgan fingerprint density at radius 1 is 0.424 bits per heavy atom. The Labute approximate surface area is 411 Å². The first-order valence-electron chi connectivity index (χ1n) is 29.3. The van der Waals surface area contributed by atoms with Crippen LogP contribution >= 0.6 is 0 Å². The van der Waals surface area contributed by atoms with Gasteiger partial charge in [-0.2, -0.15) is 0 Å². The number of carbonyl (C=O) groups excluding carboxylic acids is 2. The summed E-state index contributed by atoms with van der Waals surface area (Å²) in [5.41, 5.74) is 0. The zero-order valence-electron chi connectivity index (χ0n) is 44.2. The van der Waals surface area contributed by atoms with Crippen LogP contribution in [0.2, 0.25) is 0 Å². The maximum Gasteiger partial charge on any atom is 0.305 e. The fraction of sp³-hybridized carbons (Fsp3) is 0.867. The summed E-state index contributed by atoms with van der Waals surface area (Å²) >= 11 is 0. The first kappa shape index (κ1) is 64.1. The number of aliphatic hydroxyl groups excluding tert-OH is 2. The number of hydrogen-bond acceptors (Lipinski definition) is 5. The van der Waals surface area contributed by atoms with Crippen LogP contribution in [0, 0.1) is 0 Å². The Bertz CT molecular complexity index is 1070. The molecule has 0 bridgehead atoms. The number of ether oxygens (including phenoxy) is 1. The molecule has 0 aliphatic carbocycles. The predicted molar refractivity (Wildman–Crippen MR) is 287 cm³/mol. The zero-order chi connectivity index (χ0) is 47.9. The number of carbonyl (C=O) groups is 2. The van der Waals surface area contributed by atoms with Crippen molar-refractivity contribution in [2.45, 2.75) is 321 Å². The number of esters is 1. The molecule has 0 radical (unpaired) electrons. The van der Waals surface area contributed by atoms with Crippen molar-refractivity contribution in [2.75, 3.05) is 13.2 Å². The lowest BCUT2D eigenvalue weighted by molar-refractivity contribution is -0.143. The summed E-state index contributed by atoms with van der Waals surface area (Å²) in [6.45, 7) is 4.82. The summed E-state index contributed by atoms with van der Waals surface area (Å²) in [5, 5.41) is 23.0. The molecule has 0 rings (SSSR count). The van der Waals surface area contributed by atoms with E-state index in [1.54, 1.807) is 6.08 Å². The molecule has 0 aromatic heterocycles. The van der Waals surface area contributed by atoms with E-state index in [1.165, 1.54) is 231 Å². The molecule has 0 aliphatic rings. The van der Waals surface area contributed by atoms with Gasteiger partial charge in [0, 0.05) is 12.8 Å². The van der Waals surface area contributed by atoms with Gasteiger partial charge in [0.05, 0.1) is 25.4 Å². The molecule has 0 saturated carbocycles. The predicted octanol–water partition coefficient (Wildman–Crippen LogP) is 18.0. The minimum Gasteiger partial charge on any atom is -0.466 e. The Hall–Kier alpha value is -1.92. The average Bonchev–Trinajstić information content (AvgIpc) is 3.32. The van der Waals surface area contributed by atoms with E-state index in [0.29, 0.717) is 19.4 Å². The first-order valence-corrected chi connectivity index (χ1v) is 29.3. The van der Waals surface area contributed by atoms with Crippen LogP contribution in [0.3, 0.4) is 0 Å². The summed E-state index contributed by atoms with van der Waals surface area (Å²) in [6.07, 6.45) is 69.0. The molecule has 3 N–H and O–H groups in total. The summed E-state index contributed by atoms with van der Waals surface area (Å²) in [4.78, 5) is 24.4. The van der Waals surface area contributed by atoms with E-state index >= 15 is 0 Å². The molecular weight excluding hydrogens is 815 g/mol. The summed E-state index contributed by atoms with van der Waals surface area (Å²) in [7, 11) is 0. The molecule has 6 nitrogen and oxygen atoms in total. The number of hydrogen-bond donors (Lipinski definition) is 3. The molecule has 0 spiro atoms. The molecule has 2 atom stereocenters. The van der Waals surface area contributed by atoms with E-state index < -0.39 is 12.1 Å². The van der Waals surface area contributed by atoms with Crippen molar-refractivity contribution in [3.05, 3.63) is 36.5 Å². The topological polar surface area (TPSA) is 95.9 Å². The molecule has 0 heterocycles. The first-order chi connectivity index (χ1) is 32.5. The van der Waals surface area contributed by atoms with E-state index in [-0.39, 0.29) is 18.5 Å². The van der Waals surface area contributed by atoms with Crippen molar-refractivity contribution < 1.29 is 24.5 Å². The van der Waals surface area contributed by atoms with Gasteiger partial charge >= 0.3 is 5.97 Å². The van der Waals surface area contributed by atoms with Gasteiger partial charge < -0.3 is 20.3 Å². The van der Waals surface area contributed by atoms with Gasteiger partial charge in [-0.25, -0.2) is 0 Å². The monoisotopic (exact) mass is 928 g/mol. The van der Waals surface area contributed by atoms with E-state index in [4.69, 9.17) is 4.74 Å². The van der Waals surface area contributed by atoms with Crippen LogP contribution in [0.4, 0.5) is 0 Å². The van der Waals surface area contributed by atoms with Crippen molar-refractivity contribution in [1.29, 1.82) is 0 Å². The lowest BCUT2D eigenvalue weighted by atomic mass is 10.0. The van der Waals surface area contributed by atoms with E-state index in [0.717, 1.165) is 51.4 Å². The van der Waals surface area contributed by atoms with Gasteiger partial charge in [0.15, 0.2) is 0 Å². The van der Waals surface area contributed by atoms with Gasteiger partial charge in [0.25, 0.3) is 0 Å². The van der Waals surface area contributed by atoms with Crippen molar-refractivity contribution in [1.82, 2.24) is 5.32 Å². The highest BCUT2D eigenvalue weighted by Crippen LogP contribution is 2.17. The number of unbranched alkanes of at least 4 members (excludes halogenated alkanes) is 39. The van der Waals surface area contributed by atoms with Crippen molar-refractivity contribution in [3.8, 4) is 0 Å². The maximum absolute atomic E-state index is 12.4. The maximum atomic E-state index is 12.4. The quantitative estimate of drug-likeness (QED) is 0.0321. The number of rotatable bonds is 54. The fourth-order valence-electron chi connectivity index (χ4n) is 8.91. The molecule has 6 heteroatoms. The van der Waals surface area contributed by atoms with Crippen LogP contribution in [-0.4, -0.2) is 47.4 Å². The SMILES string of the molecule is CCC/C=C\C/C=C\CCCCCCCC(=O)OCCCCCCCCCCCCCCCCCCCCCCCCCCCCC(=O)NC(CO)C(O)/C=C/CCCCCCCCCC. The minimum absolute atomic E-state index is 0.00105. The van der Waals surface area contributed by atoms with Gasteiger partial charge in [-0.3, -0.25) is 9.59 Å². The third-order valence-corrected chi connectivity index (χ3v) is 13.4. The second kappa shape index (κ2) is 55.7. The minimum atomic E-state index is -0.841. The molecule has 0 saturated heterocycles. The highest BCUT2D eigenvalue weighted by molar-refractivity contribution is 5.76. The molecule has 1 amide bonds. The summed E-state index contributed by atoms with van der Waals surface area (Å²) in [6, 6.07) is -0.624. The molecule has 0 fully saturated rings. The summed E-state index contributed by atoms with van der Waals surface area (Å²) < 4.78 is 5.47. The van der Waals surface area contributed by atoms with Gasteiger partial charge in [-0.05, 0) is 57.8 Å². The number of amides is 1. The molecular formula is C60H113NO5. The number of aliphatic hydroxyl groups is 2. The van der Waals surface area contributed by atoms with Crippen molar-refractivity contribution >= 4 is 11.9 Å². The molecule has 66 heavy (non-hydrogen) atoms. The zero-order valence-corrected chi connectivity index (χ0v) is 44.2. The van der Waals surface area contributed by atoms with Crippen LogP contribution in [0.15, 0.2) is 36.5 Å². The van der Waals surface area contributed by atoms with Gasteiger partial charge in [0.2, 0.25) is 5.91 Å². The highest BCUT2D eigenvalue weighted by Gasteiger charge is 2.18. The van der Waals surface area contributed by atoms with E-state index in [1.807, 2.05) is 6.08 Å². The normalized spacial score (nSPS) is 12.8. The van der Waals surface area contributed by atoms with Crippen LogP contribution in [0.1, 0.15) is 309 Å². The lowest BCUT2D eigenvalue weighted by Gasteiger charge is -2.20. The van der Waals surface area contributed by atoms with Crippen LogP contribution < -0.4 is 5.32 Å². The van der Waals surface area contributed by atoms with E-state index in [9.17, 15) is 19.8 Å². The van der Waals surface area contributed by atoms with Crippen LogP contribution in [-0.2, 0) is 14.3 Å². The average molecular weight is 929 g/mol. The Balaban J connectivity index is 3.35. The summed E-state index contributed by atoms with van der Waals surface area (Å²) in [5.74, 6) is -0.0665. The Kier molecular flexibility index (Phi) is 54.1. The van der Waals surface area contributed by atoms with Crippen LogP contribution in [0.25, 0.3) is 0 Å². The van der Waals surface area contributed by atoms with Gasteiger partial charge in [-0.15, -0.1) is 0 Å².